The molecular weight excluding hydrogens is 337 g/mol. The zero-order chi connectivity index (χ0) is 15.0. The molecule has 0 saturated heterocycles. The Morgan fingerprint density at radius 3 is 2.43 bits per heavy atom. The number of phenols is 1. The normalized spacial score (nSPS) is 12.5. The van der Waals surface area contributed by atoms with Crippen LogP contribution in [0.4, 0.5) is 5.69 Å². The van der Waals surface area contributed by atoms with E-state index in [4.69, 9.17) is 44.3 Å². The molecule has 1 heterocycles. The van der Waals surface area contributed by atoms with Gasteiger partial charge in [0.05, 0.1) is 15.1 Å². The number of halogens is 3. The summed E-state index contributed by atoms with van der Waals surface area (Å²) in [5.41, 5.74) is 1.61. The van der Waals surface area contributed by atoms with E-state index < -0.39 is 0 Å². The molecule has 0 aromatic heterocycles. The molecule has 1 aliphatic rings. The number of hydrogen-bond donors (Lipinski definition) is 2. The maximum Gasteiger partial charge on any atom is 0.231 e. The molecular formula is C14H10Cl3NO3. The lowest BCUT2D eigenvalue weighted by atomic mass is 10.2. The van der Waals surface area contributed by atoms with E-state index in [0.717, 1.165) is 5.56 Å². The third-order valence-corrected chi connectivity index (χ3v) is 3.86. The summed E-state index contributed by atoms with van der Waals surface area (Å²) in [7, 11) is 0. The topological polar surface area (TPSA) is 50.7 Å². The first kappa shape index (κ1) is 14.4. The summed E-state index contributed by atoms with van der Waals surface area (Å²) in [6.45, 7) is 0.670. The number of ether oxygens (including phenoxy) is 2. The average molecular weight is 347 g/mol. The van der Waals surface area contributed by atoms with E-state index in [-0.39, 0.29) is 22.6 Å². The minimum atomic E-state index is -0.130. The van der Waals surface area contributed by atoms with E-state index >= 15 is 0 Å². The first-order valence-corrected chi connectivity index (χ1v) is 7.18. The van der Waals surface area contributed by atoms with Crippen LogP contribution >= 0.6 is 34.8 Å². The van der Waals surface area contributed by atoms with Gasteiger partial charge in [0.15, 0.2) is 17.2 Å². The largest absolute Gasteiger partial charge is 0.505 e. The fourth-order valence-corrected chi connectivity index (χ4v) is 2.77. The first-order valence-electron chi connectivity index (χ1n) is 6.04. The number of hydrogen-bond acceptors (Lipinski definition) is 4. The predicted octanol–water partition coefficient (Wildman–Crippen LogP) is 4.69. The summed E-state index contributed by atoms with van der Waals surface area (Å²) in [6, 6.07) is 6.84. The Hall–Kier alpha value is -1.49. The van der Waals surface area contributed by atoms with Gasteiger partial charge >= 0.3 is 0 Å². The third kappa shape index (κ3) is 2.93. The molecule has 0 spiro atoms. The van der Waals surface area contributed by atoms with Crippen molar-refractivity contribution in [2.24, 2.45) is 0 Å². The van der Waals surface area contributed by atoms with Gasteiger partial charge in [0.2, 0.25) is 6.79 Å². The average Bonchev–Trinajstić information content (AvgIpc) is 2.91. The minimum absolute atomic E-state index is 0.130. The highest BCUT2D eigenvalue weighted by molar-refractivity contribution is 6.37. The van der Waals surface area contributed by atoms with Crippen molar-refractivity contribution in [3.63, 3.8) is 0 Å². The molecule has 4 nitrogen and oxygen atoms in total. The smallest absolute Gasteiger partial charge is 0.231 e. The zero-order valence-electron chi connectivity index (χ0n) is 10.6. The van der Waals surface area contributed by atoms with Crippen LogP contribution < -0.4 is 14.8 Å². The highest BCUT2D eigenvalue weighted by Crippen LogP contribution is 2.40. The molecule has 3 rings (SSSR count). The Balaban J connectivity index is 1.78. The molecule has 0 unspecified atom stereocenters. The SMILES string of the molecule is Oc1c(Cl)cc(NCc2cc(Cl)c3c(c2)OCO3)cc1Cl. The van der Waals surface area contributed by atoms with Gasteiger partial charge in [-0.15, -0.1) is 0 Å². The van der Waals surface area contributed by atoms with Gasteiger partial charge in [-0.25, -0.2) is 0 Å². The summed E-state index contributed by atoms with van der Waals surface area (Å²) >= 11 is 17.9. The van der Waals surface area contributed by atoms with Crippen molar-refractivity contribution in [2.45, 2.75) is 6.54 Å². The Bertz CT molecular complexity index is 683. The molecule has 0 radical (unpaired) electrons. The number of rotatable bonds is 3. The molecule has 2 aromatic carbocycles. The van der Waals surface area contributed by atoms with Crippen LogP contribution in [0, 0.1) is 0 Å². The highest BCUT2D eigenvalue weighted by Gasteiger charge is 2.18. The molecule has 21 heavy (non-hydrogen) atoms. The van der Waals surface area contributed by atoms with Crippen molar-refractivity contribution in [1.82, 2.24) is 0 Å². The molecule has 1 aliphatic heterocycles. The highest BCUT2D eigenvalue weighted by atomic mass is 35.5. The van der Waals surface area contributed by atoms with Crippen LogP contribution in [0.3, 0.4) is 0 Å². The van der Waals surface area contributed by atoms with Crippen molar-refractivity contribution in [3.05, 3.63) is 44.9 Å². The number of aromatic hydroxyl groups is 1. The van der Waals surface area contributed by atoms with Gasteiger partial charge in [-0.05, 0) is 29.8 Å². The third-order valence-electron chi connectivity index (χ3n) is 3.00. The van der Waals surface area contributed by atoms with E-state index in [1.54, 1.807) is 18.2 Å². The van der Waals surface area contributed by atoms with Crippen LogP contribution in [-0.2, 0) is 6.54 Å². The van der Waals surface area contributed by atoms with Crippen LogP contribution in [0.2, 0.25) is 15.1 Å². The van der Waals surface area contributed by atoms with E-state index in [1.165, 1.54) is 0 Å². The molecule has 7 heteroatoms. The van der Waals surface area contributed by atoms with Gasteiger partial charge in [-0.2, -0.15) is 0 Å². The number of fused-ring (bicyclic) bond motifs is 1. The van der Waals surface area contributed by atoms with E-state index in [0.29, 0.717) is 28.8 Å². The summed E-state index contributed by atoms with van der Waals surface area (Å²) in [5, 5.41) is 13.6. The fraction of sp³-hybridized carbons (Fsp3) is 0.143. The lowest BCUT2D eigenvalue weighted by molar-refractivity contribution is 0.174. The quantitative estimate of drug-likeness (QED) is 0.791. The summed E-state index contributed by atoms with van der Waals surface area (Å²) in [5.74, 6) is 1.06. The van der Waals surface area contributed by atoms with Crippen molar-refractivity contribution < 1.29 is 14.6 Å². The Morgan fingerprint density at radius 1 is 1.00 bits per heavy atom. The van der Waals surface area contributed by atoms with Crippen molar-refractivity contribution in [3.8, 4) is 17.2 Å². The Labute approximate surface area is 136 Å². The van der Waals surface area contributed by atoms with E-state index in [1.807, 2.05) is 6.07 Å². The molecule has 0 atom stereocenters. The molecule has 0 bridgehead atoms. The van der Waals surface area contributed by atoms with Crippen molar-refractivity contribution >= 4 is 40.5 Å². The van der Waals surface area contributed by atoms with Crippen LogP contribution in [0.1, 0.15) is 5.56 Å². The van der Waals surface area contributed by atoms with Gasteiger partial charge < -0.3 is 19.9 Å². The van der Waals surface area contributed by atoms with Gasteiger partial charge in [-0.1, -0.05) is 34.8 Å². The van der Waals surface area contributed by atoms with Crippen molar-refractivity contribution in [2.75, 3.05) is 12.1 Å². The lowest BCUT2D eigenvalue weighted by Crippen LogP contribution is -1.99. The van der Waals surface area contributed by atoms with Gasteiger partial charge in [0.25, 0.3) is 0 Å². The molecule has 0 saturated carbocycles. The van der Waals surface area contributed by atoms with Gasteiger partial charge in [0.1, 0.15) is 0 Å². The number of anilines is 1. The molecule has 2 N–H and O–H groups in total. The zero-order valence-corrected chi connectivity index (χ0v) is 12.9. The second-order valence-corrected chi connectivity index (χ2v) is 5.68. The summed E-state index contributed by atoms with van der Waals surface area (Å²) in [4.78, 5) is 0. The van der Waals surface area contributed by atoms with E-state index in [9.17, 15) is 5.11 Å². The fourth-order valence-electron chi connectivity index (χ4n) is 1.99. The molecule has 110 valence electrons. The molecule has 0 aliphatic carbocycles. The van der Waals surface area contributed by atoms with Crippen LogP contribution in [-0.4, -0.2) is 11.9 Å². The van der Waals surface area contributed by atoms with Crippen LogP contribution in [0.5, 0.6) is 17.2 Å². The Kier molecular flexibility index (Phi) is 3.93. The monoisotopic (exact) mass is 345 g/mol. The number of nitrogens with one attached hydrogen (secondary N) is 1. The standard InChI is InChI=1S/C14H10Cl3NO3/c15-9-3-8(4-10(16)13(9)19)18-5-7-1-11(17)14-12(2-7)20-6-21-14/h1-4,18-19H,5-6H2. The Morgan fingerprint density at radius 2 is 1.71 bits per heavy atom. The van der Waals surface area contributed by atoms with Crippen LogP contribution in [0.15, 0.2) is 24.3 Å². The second kappa shape index (κ2) is 5.72. The number of phenolic OH excluding ortho intramolecular Hbond substituents is 1. The maximum atomic E-state index is 9.52. The van der Waals surface area contributed by atoms with Gasteiger partial charge in [0, 0.05) is 12.2 Å². The first-order chi connectivity index (χ1) is 10.0. The summed E-state index contributed by atoms with van der Waals surface area (Å²) < 4.78 is 10.6. The number of benzene rings is 2. The predicted molar refractivity (Wildman–Crippen MR) is 83.0 cm³/mol. The lowest BCUT2D eigenvalue weighted by Gasteiger charge is -2.10. The van der Waals surface area contributed by atoms with Gasteiger partial charge in [-0.3, -0.25) is 0 Å². The molecule has 0 fully saturated rings. The summed E-state index contributed by atoms with van der Waals surface area (Å²) in [6.07, 6.45) is 0. The second-order valence-electron chi connectivity index (χ2n) is 4.45. The van der Waals surface area contributed by atoms with E-state index in [2.05, 4.69) is 5.32 Å². The maximum absolute atomic E-state index is 9.52. The molecule has 0 amide bonds. The van der Waals surface area contributed by atoms with Crippen LogP contribution in [0.25, 0.3) is 0 Å². The minimum Gasteiger partial charge on any atom is -0.505 e. The van der Waals surface area contributed by atoms with Crippen molar-refractivity contribution in [1.29, 1.82) is 0 Å². The molecule has 2 aromatic rings.